The van der Waals surface area contributed by atoms with Crippen molar-refractivity contribution in [1.82, 2.24) is 9.97 Å². The van der Waals surface area contributed by atoms with Gasteiger partial charge in [-0.25, -0.2) is 9.19 Å². The number of benzene rings is 1. The van der Waals surface area contributed by atoms with Gasteiger partial charge in [0.2, 0.25) is 5.95 Å². The zero-order chi connectivity index (χ0) is 14.5. The fourth-order valence-corrected chi connectivity index (χ4v) is 2.40. The fraction of sp³-hybridized carbons (Fsp3) is 0.167. The van der Waals surface area contributed by atoms with E-state index in [0.717, 1.165) is 21.6 Å². The van der Waals surface area contributed by atoms with Gasteiger partial charge in [-0.3, -0.25) is 4.78 Å². The minimum atomic E-state index is -2.05. The summed E-state index contributed by atoms with van der Waals surface area (Å²) in [5.74, 6) is 1.28. The Morgan fingerprint density at radius 1 is 1.35 bits per heavy atom. The first kappa shape index (κ1) is 15.0. The summed E-state index contributed by atoms with van der Waals surface area (Å²) in [5.41, 5.74) is 0.786. The van der Waals surface area contributed by atoms with E-state index in [1.54, 1.807) is 30.5 Å². The van der Waals surface area contributed by atoms with Crippen molar-refractivity contribution in [3.63, 3.8) is 0 Å². The van der Waals surface area contributed by atoms with Crippen LogP contribution in [0.15, 0.2) is 35.4 Å². The summed E-state index contributed by atoms with van der Waals surface area (Å²) < 4.78 is 19.1. The van der Waals surface area contributed by atoms with E-state index >= 15 is 0 Å². The number of nitrogens with zero attached hydrogens (tertiary/aromatic N) is 2. The van der Waals surface area contributed by atoms with E-state index in [1.165, 1.54) is 0 Å². The number of thiol groups is 1. The van der Waals surface area contributed by atoms with Gasteiger partial charge in [0.1, 0.15) is 5.82 Å². The molecule has 0 fully saturated rings. The molecular formula is C12H14IN5OS. The van der Waals surface area contributed by atoms with Gasteiger partial charge in [-0.05, 0) is 53.8 Å². The van der Waals surface area contributed by atoms with E-state index in [-0.39, 0.29) is 0 Å². The summed E-state index contributed by atoms with van der Waals surface area (Å²) in [6.45, 7) is 2.80. The quantitative estimate of drug-likeness (QED) is 0.455. The zero-order valence-electron chi connectivity index (χ0n) is 10.7. The Labute approximate surface area is 132 Å². The van der Waals surface area contributed by atoms with Crippen LogP contribution in [0.3, 0.4) is 0 Å². The Morgan fingerprint density at radius 2 is 2.05 bits per heavy atom. The molecule has 0 saturated carbocycles. The summed E-state index contributed by atoms with van der Waals surface area (Å²) in [6.07, 6.45) is 1.74. The number of hydrogen-bond donors (Lipinski definition) is 4. The summed E-state index contributed by atoms with van der Waals surface area (Å²) >= 11 is 2.17. The molecular weight excluding hydrogens is 389 g/mol. The molecule has 1 aromatic heterocycles. The Hall–Kier alpha value is -1.42. The van der Waals surface area contributed by atoms with Gasteiger partial charge >= 0.3 is 0 Å². The Morgan fingerprint density at radius 3 is 2.65 bits per heavy atom. The van der Waals surface area contributed by atoms with Crippen LogP contribution in [0.25, 0.3) is 0 Å². The minimum absolute atomic E-state index is 0.490. The highest BCUT2D eigenvalue weighted by atomic mass is 127. The molecule has 0 spiro atoms. The van der Waals surface area contributed by atoms with Crippen LogP contribution in [-0.4, -0.2) is 20.7 Å². The molecule has 8 heteroatoms. The molecule has 20 heavy (non-hydrogen) atoms. The van der Waals surface area contributed by atoms with Gasteiger partial charge in [0.05, 0.1) is 14.2 Å². The van der Waals surface area contributed by atoms with Gasteiger partial charge in [-0.1, -0.05) is 0 Å². The van der Waals surface area contributed by atoms with Crippen LogP contribution in [0.2, 0.25) is 0 Å². The van der Waals surface area contributed by atoms with Gasteiger partial charge in [-0.15, -0.1) is 0 Å². The summed E-state index contributed by atoms with van der Waals surface area (Å²) in [5, 5.41) is 6.24. The first-order chi connectivity index (χ1) is 9.60. The van der Waals surface area contributed by atoms with Crippen LogP contribution in [-0.2, 0) is 10.6 Å². The predicted molar refractivity (Wildman–Crippen MR) is 89.2 cm³/mol. The highest BCUT2D eigenvalue weighted by molar-refractivity contribution is 14.1. The minimum Gasteiger partial charge on any atom is -0.369 e. The monoisotopic (exact) mass is 403 g/mol. The summed E-state index contributed by atoms with van der Waals surface area (Å²) in [4.78, 5) is 9.09. The second-order valence-corrected chi connectivity index (χ2v) is 6.15. The third-order valence-electron chi connectivity index (χ3n) is 2.45. The number of rotatable bonds is 5. The highest BCUT2D eigenvalue weighted by Gasteiger charge is 2.04. The third-order valence-corrected chi connectivity index (χ3v) is 4.00. The molecule has 1 heterocycles. The normalized spacial score (nSPS) is 11.9. The van der Waals surface area contributed by atoms with Gasteiger partial charge < -0.3 is 10.6 Å². The standard InChI is InChI=1S/C12H14IN5OS/c1-2-15-11-10(13)7-16-12(18-11)17-8-3-5-9(6-4-8)20(14)19/h3-7,14,20H,2H2,1H3,(H2,15,16,17,18). The smallest absolute Gasteiger partial charge is 0.229 e. The predicted octanol–water partition coefficient (Wildman–Crippen LogP) is 2.86. The topological polar surface area (TPSA) is 90.8 Å². The summed E-state index contributed by atoms with van der Waals surface area (Å²) in [7, 11) is -2.05. The van der Waals surface area contributed by atoms with Crippen LogP contribution in [0.1, 0.15) is 6.92 Å². The molecule has 1 aromatic carbocycles. The first-order valence-corrected chi connectivity index (χ1v) is 8.26. The first-order valence-electron chi connectivity index (χ1n) is 5.92. The van der Waals surface area contributed by atoms with E-state index in [4.69, 9.17) is 4.78 Å². The second kappa shape index (κ2) is 6.84. The fourth-order valence-electron chi connectivity index (χ4n) is 1.53. The molecule has 0 aliphatic rings. The van der Waals surface area contributed by atoms with Crippen molar-refractivity contribution in [2.75, 3.05) is 17.2 Å². The Balaban J connectivity index is 2.19. The lowest BCUT2D eigenvalue weighted by Crippen LogP contribution is -2.05. The maximum Gasteiger partial charge on any atom is 0.229 e. The Kier molecular flexibility index (Phi) is 5.12. The van der Waals surface area contributed by atoms with Crippen molar-refractivity contribution < 1.29 is 4.21 Å². The van der Waals surface area contributed by atoms with Crippen molar-refractivity contribution in [1.29, 1.82) is 4.78 Å². The summed E-state index contributed by atoms with van der Waals surface area (Å²) in [6, 6.07) is 6.83. The number of anilines is 3. The average molecular weight is 403 g/mol. The number of hydrogen-bond acceptors (Lipinski definition) is 6. The number of halogens is 1. The lowest BCUT2D eigenvalue weighted by molar-refractivity contribution is 0.687. The SMILES string of the molecule is CCNc1nc(Nc2ccc([SH](=N)=O)cc2)ncc1I. The molecule has 0 radical (unpaired) electrons. The molecule has 1 unspecified atom stereocenters. The number of nitrogens with one attached hydrogen (secondary N) is 3. The van der Waals surface area contributed by atoms with Crippen molar-refractivity contribution in [2.24, 2.45) is 0 Å². The van der Waals surface area contributed by atoms with E-state index in [2.05, 4.69) is 43.2 Å². The van der Waals surface area contributed by atoms with Crippen LogP contribution in [0, 0.1) is 8.35 Å². The molecule has 0 aliphatic heterocycles. The lowest BCUT2D eigenvalue weighted by atomic mass is 10.3. The molecule has 0 saturated heterocycles. The molecule has 0 amide bonds. The maximum absolute atomic E-state index is 11.0. The van der Waals surface area contributed by atoms with E-state index < -0.39 is 10.6 Å². The van der Waals surface area contributed by atoms with Crippen molar-refractivity contribution >= 4 is 50.6 Å². The lowest BCUT2D eigenvalue weighted by Gasteiger charge is -2.09. The highest BCUT2D eigenvalue weighted by Crippen LogP contribution is 2.19. The average Bonchev–Trinajstić information content (AvgIpc) is 2.43. The van der Waals surface area contributed by atoms with Gasteiger partial charge in [0.15, 0.2) is 0 Å². The van der Waals surface area contributed by atoms with Crippen molar-refractivity contribution in [3.05, 3.63) is 34.0 Å². The van der Waals surface area contributed by atoms with Crippen LogP contribution >= 0.6 is 22.6 Å². The molecule has 2 rings (SSSR count). The third kappa shape index (κ3) is 3.79. The molecule has 0 aliphatic carbocycles. The van der Waals surface area contributed by atoms with Crippen LogP contribution in [0.5, 0.6) is 0 Å². The molecule has 3 N–H and O–H groups in total. The van der Waals surface area contributed by atoms with Crippen molar-refractivity contribution in [3.8, 4) is 0 Å². The van der Waals surface area contributed by atoms with E-state index in [9.17, 15) is 4.21 Å². The van der Waals surface area contributed by atoms with E-state index in [1.807, 2.05) is 6.92 Å². The van der Waals surface area contributed by atoms with Gasteiger partial charge in [-0.2, -0.15) is 4.98 Å². The molecule has 6 nitrogen and oxygen atoms in total. The second-order valence-electron chi connectivity index (χ2n) is 3.89. The van der Waals surface area contributed by atoms with Crippen LogP contribution < -0.4 is 10.6 Å². The molecule has 1 atom stereocenters. The number of aromatic nitrogens is 2. The largest absolute Gasteiger partial charge is 0.369 e. The maximum atomic E-state index is 11.0. The molecule has 106 valence electrons. The van der Waals surface area contributed by atoms with E-state index in [0.29, 0.717) is 10.8 Å². The molecule has 0 bridgehead atoms. The molecule has 2 aromatic rings. The Bertz CT molecular complexity index is 664. The zero-order valence-corrected chi connectivity index (χ0v) is 13.8. The van der Waals surface area contributed by atoms with Gasteiger partial charge in [0.25, 0.3) is 0 Å². The van der Waals surface area contributed by atoms with Crippen molar-refractivity contribution in [2.45, 2.75) is 11.8 Å². The van der Waals surface area contributed by atoms with Gasteiger partial charge in [0, 0.05) is 23.3 Å². The van der Waals surface area contributed by atoms with Crippen LogP contribution in [0.4, 0.5) is 17.5 Å².